The van der Waals surface area contributed by atoms with E-state index in [4.69, 9.17) is 5.11 Å². The van der Waals surface area contributed by atoms with Crippen molar-refractivity contribution >= 4 is 5.97 Å². The number of carbonyl (C=O) groups is 1. The van der Waals surface area contributed by atoms with Gasteiger partial charge < -0.3 is 20.4 Å². The third-order valence-corrected chi connectivity index (χ3v) is 5.74. The predicted octanol–water partition coefficient (Wildman–Crippen LogP) is 3.42. The van der Waals surface area contributed by atoms with E-state index in [1.165, 1.54) is 6.07 Å². The maximum atomic E-state index is 13.8. The van der Waals surface area contributed by atoms with Crippen molar-refractivity contribution in [2.75, 3.05) is 0 Å². The van der Waals surface area contributed by atoms with Crippen molar-refractivity contribution in [3.05, 3.63) is 35.6 Å². The highest BCUT2D eigenvalue weighted by Crippen LogP contribution is 2.40. The van der Waals surface area contributed by atoms with Crippen molar-refractivity contribution < 1.29 is 29.6 Å². The Kier molecular flexibility index (Phi) is 8.67. The fourth-order valence-corrected chi connectivity index (χ4v) is 4.24. The Morgan fingerprint density at radius 3 is 2.33 bits per heavy atom. The second-order valence-corrected chi connectivity index (χ2v) is 7.66. The van der Waals surface area contributed by atoms with Crippen molar-refractivity contribution in [2.24, 2.45) is 11.8 Å². The predicted molar refractivity (Wildman–Crippen MR) is 99.5 cm³/mol. The quantitative estimate of drug-likeness (QED) is 0.440. The molecule has 0 aliphatic heterocycles. The lowest BCUT2D eigenvalue weighted by Crippen LogP contribution is -2.23. The van der Waals surface area contributed by atoms with Crippen molar-refractivity contribution in [2.45, 2.75) is 76.1 Å². The Morgan fingerprint density at radius 1 is 1.04 bits per heavy atom. The number of hydrogen-bond donors (Lipinski definition) is 4. The van der Waals surface area contributed by atoms with E-state index in [-0.39, 0.29) is 23.8 Å². The van der Waals surface area contributed by atoms with E-state index in [9.17, 15) is 24.5 Å². The van der Waals surface area contributed by atoms with Crippen LogP contribution in [0.3, 0.4) is 0 Å². The van der Waals surface area contributed by atoms with Crippen LogP contribution >= 0.6 is 0 Å². The SMILES string of the molecule is O=C(O)CCCCCC[C@@H]1C(CCC(O)c2ccccc2F)[C@H](O)C[C@@H]1O. The Bertz CT molecular complexity index is 594. The van der Waals surface area contributed by atoms with Crippen LogP contribution in [0.2, 0.25) is 0 Å². The number of halogens is 1. The Hall–Kier alpha value is -1.50. The second kappa shape index (κ2) is 10.7. The van der Waals surface area contributed by atoms with Gasteiger partial charge in [-0.15, -0.1) is 0 Å². The summed E-state index contributed by atoms with van der Waals surface area (Å²) < 4.78 is 13.8. The van der Waals surface area contributed by atoms with Crippen LogP contribution in [-0.4, -0.2) is 38.6 Å². The molecule has 152 valence electrons. The number of benzene rings is 1. The molecule has 0 bridgehead atoms. The largest absolute Gasteiger partial charge is 0.481 e. The number of unbranched alkanes of at least 4 members (excludes halogenated alkanes) is 3. The van der Waals surface area contributed by atoms with Gasteiger partial charge in [0.25, 0.3) is 0 Å². The molecule has 1 aromatic carbocycles. The van der Waals surface area contributed by atoms with Crippen LogP contribution in [0, 0.1) is 17.7 Å². The Balaban J connectivity index is 1.80. The zero-order valence-corrected chi connectivity index (χ0v) is 15.6. The van der Waals surface area contributed by atoms with E-state index < -0.39 is 30.1 Å². The molecule has 0 heterocycles. The van der Waals surface area contributed by atoms with Crippen LogP contribution in [0.1, 0.15) is 69.5 Å². The molecule has 1 aromatic rings. The molecule has 4 N–H and O–H groups in total. The lowest BCUT2D eigenvalue weighted by molar-refractivity contribution is -0.137. The Morgan fingerprint density at radius 2 is 1.67 bits per heavy atom. The third-order valence-electron chi connectivity index (χ3n) is 5.74. The summed E-state index contributed by atoms with van der Waals surface area (Å²) in [5.41, 5.74) is 0.264. The van der Waals surface area contributed by atoms with E-state index in [0.29, 0.717) is 25.7 Å². The van der Waals surface area contributed by atoms with E-state index in [0.717, 1.165) is 25.7 Å². The fraction of sp³-hybridized carbons (Fsp3) is 0.667. The number of aliphatic hydroxyl groups excluding tert-OH is 3. The van der Waals surface area contributed by atoms with Crippen LogP contribution in [0.4, 0.5) is 4.39 Å². The van der Waals surface area contributed by atoms with Gasteiger partial charge in [0.1, 0.15) is 5.82 Å². The summed E-state index contributed by atoms with van der Waals surface area (Å²) in [5, 5.41) is 39.5. The first-order valence-corrected chi connectivity index (χ1v) is 9.90. The molecule has 0 radical (unpaired) electrons. The standard InChI is InChI=1S/C21H31FO5/c22-17-9-6-5-8-16(17)18(23)12-11-15-14(19(24)13-20(15)25)7-3-1-2-4-10-21(26)27/h5-6,8-9,14-15,18-20,23-25H,1-4,7,10-13H2,(H,26,27)/t14-,15?,18?,19+,20-/m1/s1. The van der Waals surface area contributed by atoms with E-state index in [2.05, 4.69) is 0 Å². The molecule has 5 atom stereocenters. The number of carboxylic acids is 1. The second-order valence-electron chi connectivity index (χ2n) is 7.66. The minimum atomic E-state index is -0.923. The number of hydrogen-bond acceptors (Lipinski definition) is 4. The van der Waals surface area contributed by atoms with Crippen molar-refractivity contribution in [3.8, 4) is 0 Å². The molecule has 2 rings (SSSR count). The van der Waals surface area contributed by atoms with Gasteiger partial charge in [-0.2, -0.15) is 0 Å². The first-order chi connectivity index (χ1) is 12.9. The van der Waals surface area contributed by atoms with Crippen LogP contribution < -0.4 is 0 Å². The van der Waals surface area contributed by atoms with Crippen LogP contribution in [0.5, 0.6) is 0 Å². The highest BCUT2D eigenvalue weighted by atomic mass is 19.1. The summed E-state index contributed by atoms with van der Waals surface area (Å²) >= 11 is 0. The van der Waals surface area contributed by atoms with Gasteiger partial charge in [0.05, 0.1) is 18.3 Å². The van der Waals surface area contributed by atoms with E-state index in [1.54, 1.807) is 18.2 Å². The minimum Gasteiger partial charge on any atom is -0.481 e. The van der Waals surface area contributed by atoms with Crippen LogP contribution in [-0.2, 0) is 4.79 Å². The maximum Gasteiger partial charge on any atom is 0.303 e. The highest BCUT2D eigenvalue weighted by molar-refractivity contribution is 5.66. The molecule has 27 heavy (non-hydrogen) atoms. The fourth-order valence-electron chi connectivity index (χ4n) is 4.24. The molecule has 6 heteroatoms. The van der Waals surface area contributed by atoms with E-state index >= 15 is 0 Å². The highest BCUT2D eigenvalue weighted by Gasteiger charge is 2.40. The van der Waals surface area contributed by atoms with Crippen LogP contribution in [0.25, 0.3) is 0 Å². The van der Waals surface area contributed by atoms with Gasteiger partial charge >= 0.3 is 5.97 Å². The first-order valence-electron chi connectivity index (χ1n) is 9.90. The molecule has 0 amide bonds. The van der Waals surface area contributed by atoms with Gasteiger partial charge in [0.15, 0.2) is 0 Å². The van der Waals surface area contributed by atoms with Crippen LogP contribution in [0.15, 0.2) is 24.3 Å². The molecule has 2 unspecified atom stereocenters. The summed E-state index contributed by atoms with van der Waals surface area (Å²) in [6, 6.07) is 6.15. The third kappa shape index (κ3) is 6.55. The van der Waals surface area contributed by atoms with Crippen molar-refractivity contribution in [1.29, 1.82) is 0 Å². The zero-order valence-electron chi connectivity index (χ0n) is 15.6. The van der Waals surface area contributed by atoms with Crippen molar-refractivity contribution in [3.63, 3.8) is 0 Å². The Labute approximate surface area is 159 Å². The molecular weight excluding hydrogens is 351 g/mol. The molecule has 0 saturated heterocycles. The molecular formula is C21H31FO5. The van der Waals surface area contributed by atoms with E-state index in [1.807, 2.05) is 0 Å². The average molecular weight is 382 g/mol. The molecule has 5 nitrogen and oxygen atoms in total. The zero-order chi connectivity index (χ0) is 19.8. The smallest absolute Gasteiger partial charge is 0.303 e. The number of rotatable bonds is 11. The topological polar surface area (TPSA) is 98.0 Å². The molecule has 0 aromatic heterocycles. The molecule has 1 aliphatic rings. The van der Waals surface area contributed by atoms with Gasteiger partial charge in [-0.05, 0) is 50.0 Å². The first kappa shape index (κ1) is 21.8. The molecule has 1 aliphatic carbocycles. The number of carboxylic acid groups (broad SMARTS) is 1. The summed E-state index contributed by atoms with van der Waals surface area (Å²) in [6.45, 7) is 0. The summed E-state index contributed by atoms with van der Waals surface area (Å²) in [4.78, 5) is 10.5. The summed E-state index contributed by atoms with van der Waals surface area (Å²) in [7, 11) is 0. The molecule has 1 fully saturated rings. The molecule has 0 spiro atoms. The lowest BCUT2D eigenvalue weighted by Gasteiger charge is -2.24. The van der Waals surface area contributed by atoms with Gasteiger partial charge in [0.2, 0.25) is 0 Å². The van der Waals surface area contributed by atoms with Gasteiger partial charge in [-0.25, -0.2) is 4.39 Å². The van der Waals surface area contributed by atoms with Gasteiger partial charge in [0, 0.05) is 12.0 Å². The monoisotopic (exact) mass is 382 g/mol. The summed E-state index contributed by atoms with van der Waals surface area (Å²) in [6.07, 6.45) is 3.33. The summed E-state index contributed by atoms with van der Waals surface area (Å²) in [5.74, 6) is -1.36. The normalized spacial score (nSPS) is 26.2. The number of aliphatic hydroxyl groups is 3. The number of aliphatic carboxylic acids is 1. The lowest BCUT2D eigenvalue weighted by atomic mass is 9.84. The van der Waals surface area contributed by atoms with Crippen molar-refractivity contribution in [1.82, 2.24) is 0 Å². The molecule has 1 saturated carbocycles. The maximum absolute atomic E-state index is 13.8. The van der Waals surface area contributed by atoms with Gasteiger partial charge in [-0.1, -0.05) is 37.5 Å². The van der Waals surface area contributed by atoms with Gasteiger partial charge in [-0.3, -0.25) is 4.79 Å². The average Bonchev–Trinajstić information content (AvgIpc) is 2.89. The minimum absolute atomic E-state index is 0.0349.